The molecule has 0 saturated carbocycles. The second-order valence-electron chi connectivity index (χ2n) is 7.73. The van der Waals surface area contributed by atoms with Crippen molar-refractivity contribution >= 4 is 17.5 Å². The molecule has 0 aliphatic rings. The van der Waals surface area contributed by atoms with Crippen LogP contribution < -0.4 is 14.8 Å². The molecule has 3 rings (SSSR count). The van der Waals surface area contributed by atoms with Gasteiger partial charge in [-0.1, -0.05) is 44.2 Å². The van der Waals surface area contributed by atoms with Crippen molar-refractivity contribution in [2.75, 3.05) is 33.1 Å². The molecule has 0 bridgehead atoms. The summed E-state index contributed by atoms with van der Waals surface area (Å²) in [6, 6.07) is 14.8. The van der Waals surface area contributed by atoms with E-state index in [2.05, 4.69) is 19.2 Å². The van der Waals surface area contributed by atoms with Gasteiger partial charge in [-0.25, -0.2) is 9.48 Å². The molecule has 9 heteroatoms. The SMILES string of the molecule is COCOc1cc(Nc2cc(-c3ccccc3)nn2CC(C)C)c(C(=O)O)c(OCOC)c1. The summed E-state index contributed by atoms with van der Waals surface area (Å²) in [7, 11) is 2.96. The van der Waals surface area contributed by atoms with Crippen LogP contribution in [0.3, 0.4) is 0 Å². The lowest BCUT2D eigenvalue weighted by molar-refractivity contribution is 0.0446. The lowest BCUT2D eigenvalue weighted by Crippen LogP contribution is -2.13. The summed E-state index contributed by atoms with van der Waals surface area (Å²) in [4.78, 5) is 12.2. The lowest BCUT2D eigenvalue weighted by Gasteiger charge is -2.17. The molecule has 3 aromatic rings. The Morgan fingerprint density at radius 3 is 2.39 bits per heavy atom. The van der Waals surface area contributed by atoms with Gasteiger partial charge in [-0.3, -0.25) is 0 Å². The van der Waals surface area contributed by atoms with E-state index in [-0.39, 0.29) is 24.9 Å². The third-order valence-electron chi connectivity index (χ3n) is 4.62. The minimum atomic E-state index is -1.15. The van der Waals surface area contributed by atoms with Gasteiger partial charge in [-0.05, 0) is 5.92 Å². The standard InChI is InChI=1S/C24H29N3O6/c1-16(2)13-27-22(12-19(26-27)17-8-6-5-7-9-17)25-20-10-18(32-14-30-3)11-21(33-15-31-4)23(20)24(28)29/h5-12,16,25H,13-15H2,1-4H3,(H,28,29). The van der Waals surface area contributed by atoms with Crippen molar-refractivity contribution in [3.05, 3.63) is 54.1 Å². The fourth-order valence-electron chi connectivity index (χ4n) is 3.25. The van der Waals surface area contributed by atoms with Crippen LogP contribution in [0.25, 0.3) is 11.3 Å². The highest BCUT2D eigenvalue weighted by Crippen LogP contribution is 2.35. The molecule has 176 valence electrons. The fourth-order valence-corrected chi connectivity index (χ4v) is 3.25. The lowest BCUT2D eigenvalue weighted by atomic mass is 10.1. The topological polar surface area (TPSA) is 104 Å². The van der Waals surface area contributed by atoms with Gasteiger partial charge in [0.25, 0.3) is 0 Å². The predicted molar refractivity (Wildman–Crippen MR) is 124 cm³/mol. The number of rotatable bonds is 12. The molecule has 1 aromatic heterocycles. The number of nitrogens with one attached hydrogen (secondary N) is 1. The van der Waals surface area contributed by atoms with E-state index in [4.69, 9.17) is 24.0 Å². The normalized spacial score (nSPS) is 10.9. The maximum Gasteiger partial charge on any atom is 0.341 e. The number of ether oxygens (including phenoxy) is 4. The minimum Gasteiger partial charge on any atom is -0.477 e. The highest BCUT2D eigenvalue weighted by Gasteiger charge is 2.22. The first-order chi connectivity index (χ1) is 15.9. The molecule has 9 nitrogen and oxygen atoms in total. The minimum absolute atomic E-state index is 0.000979. The summed E-state index contributed by atoms with van der Waals surface area (Å²) in [6.45, 7) is 4.71. The molecule has 0 aliphatic heterocycles. The van der Waals surface area contributed by atoms with Crippen molar-refractivity contribution in [1.82, 2.24) is 9.78 Å². The molecule has 0 unspecified atom stereocenters. The highest BCUT2D eigenvalue weighted by molar-refractivity contribution is 5.98. The van der Waals surface area contributed by atoms with Crippen LogP contribution in [0.15, 0.2) is 48.5 Å². The number of methoxy groups -OCH3 is 2. The Hall–Kier alpha value is -3.56. The maximum atomic E-state index is 12.2. The molecule has 0 amide bonds. The average molecular weight is 456 g/mol. The number of hydrogen-bond donors (Lipinski definition) is 2. The van der Waals surface area contributed by atoms with Crippen LogP contribution in [0.4, 0.5) is 11.5 Å². The third-order valence-corrected chi connectivity index (χ3v) is 4.62. The number of nitrogens with zero attached hydrogens (tertiary/aromatic N) is 2. The predicted octanol–water partition coefficient (Wildman–Crippen LogP) is 4.61. The number of aromatic nitrogens is 2. The van der Waals surface area contributed by atoms with Gasteiger partial charge in [-0.2, -0.15) is 5.10 Å². The summed E-state index contributed by atoms with van der Waals surface area (Å²) in [5.74, 6) is 0.309. The first kappa shape index (κ1) is 24.1. The van der Waals surface area contributed by atoms with E-state index < -0.39 is 5.97 Å². The molecule has 33 heavy (non-hydrogen) atoms. The molecule has 0 radical (unpaired) electrons. The number of aromatic carboxylic acids is 1. The van der Waals surface area contributed by atoms with E-state index in [9.17, 15) is 9.90 Å². The van der Waals surface area contributed by atoms with E-state index in [0.29, 0.717) is 29.7 Å². The number of anilines is 2. The van der Waals surface area contributed by atoms with Crippen LogP contribution in [-0.2, 0) is 16.0 Å². The molecule has 0 aliphatic carbocycles. The number of benzene rings is 2. The first-order valence-electron chi connectivity index (χ1n) is 10.5. The molecule has 2 N–H and O–H groups in total. The van der Waals surface area contributed by atoms with E-state index in [1.165, 1.54) is 20.3 Å². The van der Waals surface area contributed by atoms with Crippen LogP contribution in [0, 0.1) is 5.92 Å². The van der Waals surface area contributed by atoms with Crippen molar-refractivity contribution < 1.29 is 28.8 Å². The van der Waals surface area contributed by atoms with Gasteiger partial charge in [0.2, 0.25) is 0 Å². The molecular formula is C24H29N3O6. The third kappa shape index (κ3) is 6.24. The van der Waals surface area contributed by atoms with Crippen LogP contribution in [-0.4, -0.2) is 48.7 Å². The molecule has 0 saturated heterocycles. The Labute approximate surface area is 192 Å². The van der Waals surface area contributed by atoms with Gasteiger partial charge >= 0.3 is 5.97 Å². The second kappa shape index (κ2) is 11.3. The van der Waals surface area contributed by atoms with Gasteiger partial charge in [0.05, 0.1) is 11.4 Å². The zero-order valence-corrected chi connectivity index (χ0v) is 19.2. The van der Waals surface area contributed by atoms with Gasteiger partial charge in [0, 0.05) is 44.5 Å². The van der Waals surface area contributed by atoms with Gasteiger partial charge in [0.1, 0.15) is 22.9 Å². The molecule has 0 fully saturated rings. The van der Waals surface area contributed by atoms with Gasteiger partial charge < -0.3 is 29.4 Å². The van der Waals surface area contributed by atoms with E-state index in [1.54, 1.807) is 6.07 Å². The monoisotopic (exact) mass is 455 g/mol. The first-order valence-corrected chi connectivity index (χ1v) is 10.5. The Bertz CT molecular complexity index is 1070. The zero-order valence-electron chi connectivity index (χ0n) is 19.2. The molecule has 2 aromatic carbocycles. The maximum absolute atomic E-state index is 12.2. The zero-order chi connectivity index (χ0) is 23.8. The van der Waals surface area contributed by atoms with Crippen LogP contribution in [0.5, 0.6) is 11.5 Å². The Morgan fingerprint density at radius 1 is 1.06 bits per heavy atom. The number of carbonyl (C=O) groups is 1. The Kier molecular flexibility index (Phi) is 8.28. The van der Waals surface area contributed by atoms with E-state index >= 15 is 0 Å². The van der Waals surface area contributed by atoms with Gasteiger partial charge in [0.15, 0.2) is 13.6 Å². The summed E-state index contributed by atoms with van der Waals surface area (Å²) in [6.07, 6.45) is 0. The van der Waals surface area contributed by atoms with Crippen LogP contribution >= 0.6 is 0 Å². The quantitative estimate of drug-likeness (QED) is 0.382. The van der Waals surface area contributed by atoms with Crippen molar-refractivity contribution in [2.45, 2.75) is 20.4 Å². The molecule has 0 atom stereocenters. The highest BCUT2D eigenvalue weighted by atomic mass is 16.7. The van der Waals surface area contributed by atoms with Crippen molar-refractivity contribution in [3.63, 3.8) is 0 Å². The number of hydrogen-bond acceptors (Lipinski definition) is 7. The number of carboxylic acid groups (broad SMARTS) is 1. The number of carboxylic acids is 1. The van der Waals surface area contributed by atoms with Gasteiger partial charge in [-0.15, -0.1) is 0 Å². The second-order valence-corrected chi connectivity index (χ2v) is 7.73. The largest absolute Gasteiger partial charge is 0.477 e. The van der Waals surface area contributed by atoms with Crippen LogP contribution in [0.2, 0.25) is 0 Å². The Balaban J connectivity index is 2.07. The van der Waals surface area contributed by atoms with Crippen LogP contribution in [0.1, 0.15) is 24.2 Å². The van der Waals surface area contributed by atoms with Crippen molar-refractivity contribution in [1.29, 1.82) is 0 Å². The molecule has 0 spiro atoms. The summed E-state index contributed by atoms with van der Waals surface area (Å²) >= 11 is 0. The summed E-state index contributed by atoms with van der Waals surface area (Å²) in [5, 5.41) is 17.9. The summed E-state index contributed by atoms with van der Waals surface area (Å²) < 4.78 is 22.9. The average Bonchev–Trinajstić information content (AvgIpc) is 3.17. The fraction of sp³-hybridized carbons (Fsp3) is 0.333. The van der Waals surface area contributed by atoms with Crippen molar-refractivity contribution in [3.8, 4) is 22.8 Å². The molecular weight excluding hydrogens is 426 g/mol. The van der Waals surface area contributed by atoms with E-state index in [0.717, 1.165) is 11.3 Å². The van der Waals surface area contributed by atoms with E-state index in [1.807, 2.05) is 41.1 Å². The smallest absolute Gasteiger partial charge is 0.341 e. The van der Waals surface area contributed by atoms with Crippen molar-refractivity contribution in [2.24, 2.45) is 5.92 Å². The summed E-state index contributed by atoms with van der Waals surface area (Å²) in [5.41, 5.74) is 1.99. The Morgan fingerprint density at radius 2 is 1.76 bits per heavy atom. The molecule has 1 heterocycles.